The van der Waals surface area contributed by atoms with Crippen LogP contribution in [0.1, 0.15) is 110 Å². The molecule has 0 aliphatic carbocycles. The lowest BCUT2D eigenvalue weighted by molar-refractivity contribution is -0.155. The molecule has 4 heteroatoms. The maximum atomic E-state index is 10.9. The minimum Gasteiger partial charge on any atom is -0.457 e. The summed E-state index contributed by atoms with van der Waals surface area (Å²) in [5.74, 6) is -0.459. The third kappa shape index (κ3) is 16.6. The Morgan fingerprint density at radius 1 is 0.800 bits per heavy atom. The van der Waals surface area contributed by atoms with Crippen LogP contribution in [0.4, 0.5) is 0 Å². The Balaban J connectivity index is 3.31. The quantitative estimate of drug-likeness (QED) is 0.263. The number of carbonyl (C=O) groups is 1. The van der Waals surface area contributed by atoms with Crippen molar-refractivity contribution >= 4 is 5.97 Å². The minimum absolute atomic E-state index is 0.320. The van der Waals surface area contributed by atoms with Gasteiger partial charge in [-0.3, -0.25) is 4.79 Å². The number of rotatable bonds is 18. The lowest BCUT2D eigenvalue weighted by Crippen LogP contribution is -2.33. The van der Waals surface area contributed by atoms with Gasteiger partial charge in [0.15, 0.2) is 6.10 Å². The van der Waals surface area contributed by atoms with E-state index in [0.29, 0.717) is 6.42 Å². The maximum Gasteiger partial charge on any atom is 0.303 e. The van der Waals surface area contributed by atoms with Crippen molar-refractivity contribution in [2.45, 2.75) is 122 Å². The molecule has 0 radical (unpaired) electrons. The van der Waals surface area contributed by atoms with Gasteiger partial charge in [-0.05, 0) is 6.42 Å². The highest BCUT2D eigenvalue weighted by Gasteiger charge is 2.20. The molecule has 0 heterocycles. The number of unbranched alkanes of at least 4 members (excludes halogenated alkanes) is 13. The van der Waals surface area contributed by atoms with Crippen LogP contribution >= 0.6 is 0 Å². The van der Waals surface area contributed by atoms with Gasteiger partial charge in [0, 0.05) is 6.92 Å². The van der Waals surface area contributed by atoms with Gasteiger partial charge in [0.2, 0.25) is 0 Å². The van der Waals surface area contributed by atoms with E-state index in [4.69, 9.17) is 9.84 Å². The highest BCUT2D eigenvalue weighted by molar-refractivity contribution is 5.66. The van der Waals surface area contributed by atoms with Crippen molar-refractivity contribution < 1.29 is 19.7 Å². The van der Waals surface area contributed by atoms with Crippen molar-refractivity contribution in [1.82, 2.24) is 0 Å². The molecule has 0 aliphatic heterocycles. The fourth-order valence-electron chi connectivity index (χ4n) is 3.18. The monoisotopic (exact) mass is 358 g/mol. The minimum atomic E-state index is -0.778. The summed E-state index contributed by atoms with van der Waals surface area (Å²) >= 11 is 0. The summed E-state index contributed by atoms with van der Waals surface area (Å²) in [5.41, 5.74) is 0. The topological polar surface area (TPSA) is 66.8 Å². The van der Waals surface area contributed by atoms with Crippen LogP contribution in [0, 0.1) is 0 Å². The SMILES string of the molecule is CCCCCCCCCCCCCCCCC(O)C(CO)OC(C)=O. The molecule has 0 saturated carbocycles. The Labute approximate surface area is 155 Å². The van der Waals surface area contributed by atoms with E-state index in [1.807, 2.05) is 0 Å². The normalized spacial score (nSPS) is 13.6. The van der Waals surface area contributed by atoms with Gasteiger partial charge in [0.1, 0.15) is 0 Å². The van der Waals surface area contributed by atoms with Gasteiger partial charge in [-0.2, -0.15) is 0 Å². The number of aliphatic hydroxyl groups excluding tert-OH is 2. The summed E-state index contributed by atoms with van der Waals surface area (Å²) < 4.78 is 4.89. The Morgan fingerprint density at radius 3 is 1.56 bits per heavy atom. The molecule has 2 atom stereocenters. The molecule has 0 saturated heterocycles. The van der Waals surface area contributed by atoms with Gasteiger partial charge in [0.05, 0.1) is 12.7 Å². The van der Waals surface area contributed by atoms with Crippen LogP contribution in [0.15, 0.2) is 0 Å². The largest absolute Gasteiger partial charge is 0.457 e. The molecule has 4 nitrogen and oxygen atoms in total. The third-order valence-corrected chi connectivity index (χ3v) is 4.78. The maximum absolute atomic E-state index is 10.9. The van der Waals surface area contributed by atoms with E-state index in [2.05, 4.69) is 6.92 Å². The molecule has 2 unspecified atom stereocenters. The van der Waals surface area contributed by atoms with Crippen molar-refractivity contribution in [1.29, 1.82) is 0 Å². The van der Waals surface area contributed by atoms with Crippen LogP contribution < -0.4 is 0 Å². The van der Waals surface area contributed by atoms with Crippen molar-refractivity contribution in [3.8, 4) is 0 Å². The van der Waals surface area contributed by atoms with Gasteiger partial charge in [-0.1, -0.05) is 96.8 Å². The molecule has 0 rings (SSSR count). The third-order valence-electron chi connectivity index (χ3n) is 4.78. The number of carbonyl (C=O) groups excluding carboxylic acids is 1. The molecule has 0 amide bonds. The van der Waals surface area contributed by atoms with Crippen LogP contribution in [0.5, 0.6) is 0 Å². The first-order valence-electron chi connectivity index (χ1n) is 10.6. The molecule has 0 spiro atoms. The first-order valence-corrected chi connectivity index (χ1v) is 10.6. The van der Waals surface area contributed by atoms with Gasteiger partial charge in [-0.25, -0.2) is 0 Å². The van der Waals surface area contributed by atoms with Gasteiger partial charge < -0.3 is 14.9 Å². The Bertz CT molecular complexity index is 294. The Hall–Kier alpha value is -0.610. The summed E-state index contributed by atoms with van der Waals surface area (Å²) in [6, 6.07) is 0. The smallest absolute Gasteiger partial charge is 0.303 e. The van der Waals surface area contributed by atoms with Crippen molar-refractivity contribution in [2.24, 2.45) is 0 Å². The average Bonchev–Trinajstić information content (AvgIpc) is 2.59. The zero-order valence-electron chi connectivity index (χ0n) is 16.7. The summed E-state index contributed by atoms with van der Waals surface area (Å²) in [7, 11) is 0. The number of esters is 1. The fraction of sp³-hybridized carbons (Fsp3) is 0.952. The van der Waals surface area contributed by atoms with Crippen LogP contribution in [0.25, 0.3) is 0 Å². The van der Waals surface area contributed by atoms with E-state index in [0.717, 1.165) is 12.8 Å². The molecule has 150 valence electrons. The number of hydrogen-bond donors (Lipinski definition) is 2. The molecule has 0 aliphatic rings. The number of ether oxygens (including phenoxy) is 1. The van der Waals surface area contributed by atoms with E-state index in [-0.39, 0.29) is 6.61 Å². The van der Waals surface area contributed by atoms with Crippen LogP contribution in [0.2, 0.25) is 0 Å². The molecule has 0 aromatic rings. The highest BCUT2D eigenvalue weighted by Crippen LogP contribution is 2.14. The Kier molecular flexibility index (Phi) is 17.7. The first kappa shape index (κ1) is 24.4. The van der Waals surface area contributed by atoms with E-state index in [1.165, 1.54) is 84.0 Å². The van der Waals surface area contributed by atoms with Crippen LogP contribution in [-0.2, 0) is 9.53 Å². The van der Waals surface area contributed by atoms with Crippen LogP contribution in [-0.4, -0.2) is 35.0 Å². The van der Waals surface area contributed by atoms with Crippen molar-refractivity contribution in [3.63, 3.8) is 0 Å². The lowest BCUT2D eigenvalue weighted by Gasteiger charge is -2.20. The molecule has 2 N–H and O–H groups in total. The predicted octanol–water partition coefficient (Wildman–Crippen LogP) is 5.14. The van der Waals surface area contributed by atoms with Crippen molar-refractivity contribution in [2.75, 3.05) is 6.61 Å². The van der Waals surface area contributed by atoms with Crippen LogP contribution in [0.3, 0.4) is 0 Å². The zero-order chi connectivity index (χ0) is 18.8. The second-order valence-corrected chi connectivity index (χ2v) is 7.28. The second-order valence-electron chi connectivity index (χ2n) is 7.28. The average molecular weight is 359 g/mol. The molecule has 0 bridgehead atoms. The van der Waals surface area contributed by atoms with E-state index < -0.39 is 18.2 Å². The highest BCUT2D eigenvalue weighted by atomic mass is 16.6. The van der Waals surface area contributed by atoms with Gasteiger partial charge in [0.25, 0.3) is 0 Å². The Morgan fingerprint density at radius 2 is 1.20 bits per heavy atom. The molecule has 0 aromatic heterocycles. The zero-order valence-corrected chi connectivity index (χ0v) is 16.7. The summed E-state index contributed by atoms with van der Waals surface area (Å²) in [4.78, 5) is 10.9. The fourth-order valence-corrected chi connectivity index (χ4v) is 3.18. The van der Waals surface area contributed by atoms with E-state index in [9.17, 15) is 9.90 Å². The molecule has 0 aromatic carbocycles. The van der Waals surface area contributed by atoms with Gasteiger partial charge in [-0.15, -0.1) is 0 Å². The first-order chi connectivity index (χ1) is 12.1. The molecule has 0 fully saturated rings. The summed E-state index contributed by atoms with van der Waals surface area (Å²) in [5, 5.41) is 19.0. The standard InChI is InChI=1S/C21H42O4/c1-3-4-5-6-7-8-9-10-11-12-13-14-15-16-17-20(24)21(18-22)25-19(2)23/h20-22,24H,3-18H2,1-2H3. The van der Waals surface area contributed by atoms with Gasteiger partial charge >= 0.3 is 5.97 Å². The summed E-state index contributed by atoms with van der Waals surface area (Å²) in [6.45, 7) is 3.23. The van der Waals surface area contributed by atoms with Crippen molar-refractivity contribution in [3.05, 3.63) is 0 Å². The predicted molar refractivity (Wildman–Crippen MR) is 104 cm³/mol. The second kappa shape index (κ2) is 18.2. The molecule has 25 heavy (non-hydrogen) atoms. The lowest BCUT2D eigenvalue weighted by atomic mass is 10.0. The van der Waals surface area contributed by atoms with E-state index in [1.54, 1.807) is 0 Å². The summed E-state index contributed by atoms with van der Waals surface area (Å²) in [6.07, 6.45) is 17.3. The molecular weight excluding hydrogens is 316 g/mol. The van der Waals surface area contributed by atoms with E-state index >= 15 is 0 Å². The molecular formula is C21H42O4. The number of hydrogen-bond acceptors (Lipinski definition) is 4. The number of aliphatic hydroxyl groups is 2.